The zero-order valence-corrected chi connectivity index (χ0v) is 16.6. The van der Waals surface area contributed by atoms with E-state index in [-0.39, 0.29) is 5.75 Å². The maximum Gasteiger partial charge on any atom is 0.215 e. The second-order valence-corrected chi connectivity index (χ2v) is 9.41. The summed E-state index contributed by atoms with van der Waals surface area (Å²) in [4.78, 5) is 4.23. The normalized spacial score (nSPS) is 26.6. The molecule has 1 aliphatic carbocycles. The van der Waals surface area contributed by atoms with Gasteiger partial charge in [-0.3, -0.25) is 4.99 Å². The van der Waals surface area contributed by atoms with Gasteiger partial charge in [0.15, 0.2) is 5.96 Å². The maximum atomic E-state index is 12.3. The number of nitrogens with one attached hydrogen (secondary N) is 2. The minimum Gasteiger partial charge on any atom is -0.379 e. The van der Waals surface area contributed by atoms with Crippen molar-refractivity contribution in [2.24, 2.45) is 16.8 Å². The van der Waals surface area contributed by atoms with Crippen LogP contribution in [-0.4, -0.2) is 70.4 Å². The Hall–Kier alpha value is -0.860. The van der Waals surface area contributed by atoms with Gasteiger partial charge in [0, 0.05) is 32.7 Å². The zero-order chi connectivity index (χ0) is 18.3. The molecule has 0 atom stereocenters. The summed E-state index contributed by atoms with van der Waals surface area (Å²) in [7, 11) is -1.50. The number of ether oxygens (including phenoxy) is 1. The van der Waals surface area contributed by atoms with Crippen LogP contribution in [0.5, 0.6) is 0 Å². The van der Waals surface area contributed by atoms with E-state index in [2.05, 4.69) is 29.5 Å². The molecule has 0 radical (unpaired) electrons. The molecule has 146 valence electrons. The first kappa shape index (κ1) is 20.5. The average Bonchev–Trinajstić information content (AvgIpc) is 2.62. The number of hydrogen-bond donors (Lipinski definition) is 2. The molecule has 7 nitrogen and oxygen atoms in total. The quantitative estimate of drug-likeness (QED) is 0.536. The molecule has 0 aromatic carbocycles. The van der Waals surface area contributed by atoms with Gasteiger partial charge in [-0.25, -0.2) is 8.42 Å². The van der Waals surface area contributed by atoms with E-state index < -0.39 is 10.0 Å². The third-order valence-corrected chi connectivity index (χ3v) is 7.17. The van der Waals surface area contributed by atoms with E-state index in [1.807, 2.05) is 0 Å². The summed E-state index contributed by atoms with van der Waals surface area (Å²) in [5, 5.41) is 6.59. The third-order valence-electron chi connectivity index (χ3n) is 5.30. The molecule has 0 unspecified atom stereocenters. The average molecular weight is 375 g/mol. The molecule has 1 aliphatic heterocycles. The molecule has 0 bridgehead atoms. The summed E-state index contributed by atoms with van der Waals surface area (Å²) in [6.45, 7) is 6.83. The molecule has 0 aromatic rings. The summed E-state index contributed by atoms with van der Waals surface area (Å²) in [6, 6.07) is 0.428. The first-order valence-electron chi connectivity index (χ1n) is 9.45. The highest BCUT2D eigenvalue weighted by molar-refractivity contribution is 7.89. The van der Waals surface area contributed by atoms with Gasteiger partial charge in [-0.05, 0) is 37.5 Å². The number of nitrogens with zero attached hydrogens (tertiary/aromatic N) is 2. The van der Waals surface area contributed by atoms with E-state index in [1.54, 1.807) is 7.05 Å². The van der Waals surface area contributed by atoms with Crippen LogP contribution >= 0.6 is 0 Å². The lowest BCUT2D eigenvalue weighted by atomic mass is 9.80. The number of guanidine groups is 1. The number of aliphatic imine (C=N–C) groups is 1. The van der Waals surface area contributed by atoms with Gasteiger partial charge in [-0.1, -0.05) is 13.8 Å². The van der Waals surface area contributed by atoms with Gasteiger partial charge < -0.3 is 15.4 Å². The van der Waals surface area contributed by atoms with Crippen molar-refractivity contribution >= 4 is 16.0 Å². The molecule has 0 aromatic heterocycles. The summed E-state index contributed by atoms with van der Waals surface area (Å²) in [5.41, 5.74) is 0. The SMILES string of the molecule is CN=C(NCCS(=O)(=O)N1CCOCC1)NC1CCC(C(C)C)CC1. The predicted octanol–water partition coefficient (Wildman–Crippen LogP) is 1.03. The van der Waals surface area contributed by atoms with Gasteiger partial charge in [0.05, 0.1) is 19.0 Å². The van der Waals surface area contributed by atoms with Crippen molar-refractivity contribution in [3.8, 4) is 0 Å². The van der Waals surface area contributed by atoms with Crippen LogP contribution in [0, 0.1) is 11.8 Å². The summed E-state index contributed by atoms with van der Waals surface area (Å²) in [6.07, 6.45) is 4.79. The number of rotatable bonds is 6. The molecule has 0 spiro atoms. The minimum atomic E-state index is -3.23. The lowest BCUT2D eigenvalue weighted by molar-refractivity contribution is 0.0730. The van der Waals surface area contributed by atoms with E-state index in [9.17, 15) is 8.42 Å². The second kappa shape index (κ2) is 9.73. The largest absolute Gasteiger partial charge is 0.379 e. The molecule has 1 saturated heterocycles. The summed E-state index contributed by atoms with van der Waals surface area (Å²) < 4.78 is 31.4. The highest BCUT2D eigenvalue weighted by Gasteiger charge is 2.25. The fourth-order valence-electron chi connectivity index (χ4n) is 3.57. The first-order chi connectivity index (χ1) is 11.9. The molecule has 2 N–H and O–H groups in total. The van der Waals surface area contributed by atoms with Crippen LogP contribution in [0.4, 0.5) is 0 Å². The smallest absolute Gasteiger partial charge is 0.215 e. The number of morpholine rings is 1. The molecule has 1 saturated carbocycles. The Bertz CT molecular complexity index is 522. The van der Waals surface area contributed by atoms with Crippen molar-refractivity contribution < 1.29 is 13.2 Å². The standard InChI is InChI=1S/C17H34N4O3S/c1-14(2)15-4-6-16(7-5-15)20-17(18-3)19-8-13-25(22,23)21-9-11-24-12-10-21/h14-16H,4-13H2,1-3H3,(H2,18,19,20). The predicted molar refractivity (Wildman–Crippen MR) is 101 cm³/mol. The van der Waals surface area contributed by atoms with E-state index in [1.165, 1.54) is 17.1 Å². The molecule has 8 heteroatoms. The first-order valence-corrected chi connectivity index (χ1v) is 11.1. The molecular weight excluding hydrogens is 340 g/mol. The van der Waals surface area contributed by atoms with E-state index in [4.69, 9.17) is 4.74 Å². The second-order valence-electron chi connectivity index (χ2n) is 7.33. The monoisotopic (exact) mass is 374 g/mol. The summed E-state index contributed by atoms with van der Waals surface area (Å²) in [5.74, 6) is 2.36. The van der Waals surface area contributed by atoms with Crippen LogP contribution < -0.4 is 10.6 Å². The molecular formula is C17H34N4O3S. The van der Waals surface area contributed by atoms with Gasteiger partial charge in [-0.2, -0.15) is 4.31 Å². The number of hydrogen-bond acceptors (Lipinski definition) is 4. The van der Waals surface area contributed by atoms with Crippen LogP contribution in [0.15, 0.2) is 4.99 Å². The fourth-order valence-corrected chi connectivity index (χ4v) is 4.89. The van der Waals surface area contributed by atoms with Crippen molar-refractivity contribution in [3.63, 3.8) is 0 Å². The lowest BCUT2D eigenvalue weighted by Crippen LogP contribution is -2.48. The van der Waals surface area contributed by atoms with Crippen molar-refractivity contribution in [1.29, 1.82) is 0 Å². The number of sulfonamides is 1. The minimum absolute atomic E-state index is 0.0772. The lowest BCUT2D eigenvalue weighted by Gasteiger charge is -2.32. The Balaban J connectivity index is 1.72. The highest BCUT2D eigenvalue weighted by Crippen LogP contribution is 2.29. The van der Waals surface area contributed by atoms with Gasteiger partial charge in [-0.15, -0.1) is 0 Å². The van der Waals surface area contributed by atoms with E-state index >= 15 is 0 Å². The van der Waals surface area contributed by atoms with Crippen LogP contribution in [0.1, 0.15) is 39.5 Å². The molecule has 1 heterocycles. The van der Waals surface area contributed by atoms with Crippen LogP contribution in [0.3, 0.4) is 0 Å². The maximum absolute atomic E-state index is 12.3. The van der Waals surface area contributed by atoms with Crippen LogP contribution in [-0.2, 0) is 14.8 Å². The van der Waals surface area contributed by atoms with Gasteiger partial charge >= 0.3 is 0 Å². The van der Waals surface area contributed by atoms with Crippen molar-refractivity contribution in [3.05, 3.63) is 0 Å². The Morgan fingerprint density at radius 3 is 2.40 bits per heavy atom. The molecule has 25 heavy (non-hydrogen) atoms. The fraction of sp³-hybridized carbons (Fsp3) is 0.941. The Morgan fingerprint density at radius 1 is 1.20 bits per heavy atom. The van der Waals surface area contributed by atoms with Gasteiger partial charge in [0.2, 0.25) is 10.0 Å². The summed E-state index contributed by atoms with van der Waals surface area (Å²) >= 11 is 0. The van der Waals surface area contributed by atoms with Crippen LogP contribution in [0.25, 0.3) is 0 Å². The van der Waals surface area contributed by atoms with Crippen molar-refractivity contribution in [1.82, 2.24) is 14.9 Å². The van der Waals surface area contributed by atoms with Crippen molar-refractivity contribution in [2.45, 2.75) is 45.6 Å². The van der Waals surface area contributed by atoms with Crippen molar-refractivity contribution in [2.75, 3.05) is 45.6 Å². The molecule has 0 amide bonds. The Morgan fingerprint density at radius 2 is 1.84 bits per heavy atom. The highest BCUT2D eigenvalue weighted by atomic mass is 32.2. The van der Waals surface area contributed by atoms with E-state index in [0.717, 1.165) is 24.7 Å². The topological polar surface area (TPSA) is 83.0 Å². The Labute approximate surface area is 152 Å². The third kappa shape index (κ3) is 6.42. The molecule has 2 rings (SSSR count). The van der Waals surface area contributed by atoms with Gasteiger partial charge in [0.25, 0.3) is 0 Å². The molecule has 2 fully saturated rings. The zero-order valence-electron chi connectivity index (χ0n) is 15.8. The van der Waals surface area contributed by atoms with E-state index in [0.29, 0.717) is 44.8 Å². The van der Waals surface area contributed by atoms with Gasteiger partial charge in [0.1, 0.15) is 0 Å². The molecule has 2 aliphatic rings. The Kier molecular flexibility index (Phi) is 7.96. The van der Waals surface area contributed by atoms with Crippen LogP contribution in [0.2, 0.25) is 0 Å².